The predicted molar refractivity (Wildman–Crippen MR) is 66.7 cm³/mol. The summed E-state index contributed by atoms with van der Waals surface area (Å²) in [6, 6.07) is 10.2. The Balaban J connectivity index is 0.00000225. The Bertz CT molecular complexity index is 303. The molecule has 90 valence electrons. The number of rotatable bonds is 5. The zero-order valence-electron chi connectivity index (χ0n) is 9.60. The summed E-state index contributed by atoms with van der Waals surface area (Å²) in [6.45, 7) is 4.51. The highest BCUT2D eigenvalue weighted by atomic mass is 35.5. The number of ether oxygens (including phenoxy) is 1. The summed E-state index contributed by atoms with van der Waals surface area (Å²) in [5.74, 6) is -0.208. The molecule has 16 heavy (non-hydrogen) atoms. The summed E-state index contributed by atoms with van der Waals surface area (Å²) in [5.41, 5.74) is 1.17. The van der Waals surface area contributed by atoms with Gasteiger partial charge < -0.3 is 10.1 Å². The second-order valence-electron chi connectivity index (χ2n) is 3.32. The molecule has 0 saturated heterocycles. The molecule has 0 aliphatic rings. The van der Waals surface area contributed by atoms with Crippen LogP contribution in [-0.4, -0.2) is 19.1 Å². The molecular weight excluding hydrogens is 226 g/mol. The van der Waals surface area contributed by atoms with Crippen LogP contribution in [-0.2, 0) is 9.53 Å². The van der Waals surface area contributed by atoms with E-state index in [9.17, 15) is 4.79 Å². The molecule has 3 nitrogen and oxygen atoms in total. The van der Waals surface area contributed by atoms with Gasteiger partial charge in [-0.05, 0) is 19.4 Å². The van der Waals surface area contributed by atoms with Crippen molar-refractivity contribution in [2.75, 3.05) is 13.2 Å². The highest BCUT2D eigenvalue weighted by Gasteiger charge is 2.06. The standard InChI is InChI=1S/C12H17NO2.ClH/c1-3-15-12(14)9-13-10(2)11-7-5-4-6-8-11;/h4-8,10,13H,3,9H2,1-2H3;1H/t10-;/m1./s1. The first-order valence-electron chi connectivity index (χ1n) is 5.18. The fourth-order valence-electron chi connectivity index (χ4n) is 1.31. The summed E-state index contributed by atoms with van der Waals surface area (Å²) < 4.78 is 4.83. The topological polar surface area (TPSA) is 38.3 Å². The van der Waals surface area contributed by atoms with Crippen LogP contribution in [0.25, 0.3) is 0 Å². The van der Waals surface area contributed by atoms with E-state index in [1.807, 2.05) is 37.3 Å². The van der Waals surface area contributed by atoms with Gasteiger partial charge in [0.2, 0.25) is 0 Å². The smallest absolute Gasteiger partial charge is 0.319 e. The fourth-order valence-corrected chi connectivity index (χ4v) is 1.31. The van der Waals surface area contributed by atoms with Crippen molar-refractivity contribution >= 4 is 18.4 Å². The SMILES string of the molecule is CCOC(=O)CN[C@H](C)c1ccccc1.Cl. The molecule has 1 aromatic carbocycles. The van der Waals surface area contributed by atoms with Gasteiger partial charge in [0.25, 0.3) is 0 Å². The van der Waals surface area contributed by atoms with Crippen LogP contribution in [0, 0.1) is 0 Å². The molecule has 4 heteroatoms. The van der Waals surface area contributed by atoms with E-state index in [2.05, 4.69) is 5.32 Å². The Labute approximate surface area is 103 Å². The fraction of sp³-hybridized carbons (Fsp3) is 0.417. The largest absolute Gasteiger partial charge is 0.465 e. The number of hydrogen-bond donors (Lipinski definition) is 1. The molecule has 0 amide bonds. The van der Waals surface area contributed by atoms with Gasteiger partial charge in [0, 0.05) is 6.04 Å². The van der Waals surface area contributed by atoms with Crippen molar-refractivity contribution in [2.24, 2.45) is 0 Å². The van der Waals surface area contributed by atoms with Crippen LogP contribution < -0.4 is 5.32 Å². The van der Waals surface area contributed by atoms with Crippen LogP contribution in [0.4, 0.5) is 0 Å². The van der Waals surface area contributed by atoms with Gasteiger partial charge in [0.15, 0.2) is 0 Å². The molecule has 1 N–H and O–H groups in total. The Kier molecular flexibility index (Phi) is 7.60. The van der Waals surface area contributed by atoms with Crippen LogP contribution in [0.5, 0.6) is 0 Å². The highest BCUT2D eigenvalue weighted by molar-refractivity contribution is 5.85. The third-order valence-corrected chi connectivity index (χ3v) is 2.16. The van der Waals surface area contributed by atoms with E-state index < -0.39 is 0 Å². The Hall–Kier alpha value is -1.06. The van der Waals surface area contributed by atoms with Crippen LogP contribution in [0.1, 0.15) is 25.5 Å². The number of carbonyl (C=O) groups is 1. The van der Waals surface area contributed by atoms with Gasteiger partial charge in [-0.25, -0.2) is 0 Å². The summed E-state index contributed by atoms with van der Waals surface area (Å²) >= 11 is 0. The first kappa shape index (κ1) is 14.9. The maximum absolute atomic E-state index is 11.1. The molecule has 0 aromatic heterocycles. The molecule has 0 spiro atoms. The summed E-state index contributed by atoms with van der Waals surface area (Å²) in [6.07, 6.45) is 0. The van der Waals surface area contributed by atoms with E-state index in [0.717, 1.165) is 0 Å². The molecule has 0 saturated carbocycles. The van der Waals surface area contributed by atoms with E-state index in [-0.39, 0.29) is 31.0 Å². The normalized spacial score (nSPS) is 11.4. The van der Waals surface area contributed by atoms with Gasteiger partial charge >= 0.3 is 5.97 Å². The maximum Gasteiger partial charge on any atom is 0.319 e. The minimum absolute atomic E-state index is 0. The number of carbonyl (C=O) groups excluding carboxylic acids is 1. The lowest BCUT2D eigenvalue weighted by Gasteiger charge is -2.13. The van der Waals surface area contributed by atoms with Crippen molar-refractivity contribution in [2.45, 2.75) is 19.9 Å². The zero-order valence-corrected chi connectivity index (χ0v) is 10.4. The van der Waals surface area contributed by atoms with Crippen LogP contribution in [0.15, 0.2) is 30.3 Å². The molecule has 0 radical (unpaired) electrons. The molecule has 0 aliphatic carbocycles. The Morgan fingerprint density at radius 1 is 1.38 bits per heavy atom. The molecule has 0 heterocycles. The third kappa shape index (κ3) is 5.14. The van der Waals surface area contributed by atoms with Gasteiger partial charge in [0.05, 0.1) is 13.2 Å². The lowest BCUT2D eigenvalue weighted by atomic mass is 10.1. The molecular formula is C12H18ClNO2. The monoisotopic (exact) mass is 243 g/mol. The molecule has 1 aromatic rings. The number of benzene rings is 1. The quantitative estimate of drug-likeness (QED) is 0.807. The first-order chi connectivity index (χ1) is 7.24. The lowest BCUT2D eigenvalue weighted by molar-refractivity contribution is -0.142. The second-order valence-corrected chi connectivity index (χ2v) is 3.32. The van der Waals surface area contributed by atoms with Crippen molar-refractivity contribution in [3.05, 3.63) is 35.9 Å². The maximum atomic E-state index is 11.1. The van der Waals surface area contributed by atoms with Crippen molar-refractivity contribution in [3.8, 4) is 0 Å². The van der Waals surface area contributed by atoms with Crippen LogP contribution in [0.3, 0.4) is 0 Å². The van der Waals surface area contributed by atoms with Crippen molar-refractivity contribution in [3.63, 3.8) is 0 Å². The average Bonchev–Trinajstić information content (AvgIpc) is 2.27. The van der Waals surface area contributed by atoms with Crippen molar-refractivity contribution in [1.29, 1.82) is 0 Å². The Morgan fingerprint density at radius 3 is 2.56 bits per heavy atom. The van der Waals surface area contributed by atoms with E-state index >= 15 is 0 Å². The molecule has 1 rings (SSSR count). The summed E-state index contributed by atoms with van der Waals surface area (Å²) in [5, 5.41) is 3.11. The molecule has 1 atom stereocenters. The zero-order chi connectivity index (χ0) is 11.1. The van der Waals surface area contributed by atoms with Gasteiger partial charge in [-0.2, -0.15) is 0 Å². The summed E-state index contributed by atoms with van der Waals surface area (Å²) in [4.78, 5) is 11.1. The van der Waals surface area contributed by atoms with E-state index in [1.165, 1.54) is 5.56 Å². The Morgan fingerprint density at radius 2 is 2.00 bits per heavy atom. The number of nitrogens with one attached hydrogen (secondary N) is 1. The third-order valence-electron chi connectivity index (χ3n) is 2.16. The first-order valence-corrected chi connectivity index (χ1v) is 5.18. The number of halogens is 1. The molecule has 0 aliphatic heterocycles. The van der Waals surface area contributed by atoms with Crippen molar-refractivity contribution in [1.82, 2.24) is 5.32 Å². The van der Waals surface area contributed by atoms with Gasteiger partial charge in [0.1, 0.15) is 0 Å². The van der Waals surface area contributed by atoms with Crippen LogP contribution >= 0.6 is 12.4 Å². The number of esters is 1. The molecule has 0 bridgehead atoms. The molecule has 0 fully saturated rings. The van der Waals surface area contributed by atoms with Gasteiger partial charge in [-0.1, -0.05) is 30.3 Å². The van der Waals surface area contributed by atoms with Crippen molar-refractivity contribution < 1.29 is 9.53 Å². The van der Waals surface area contributed by atoms with E-state index in [4.69, 9.17) is 4.74 Å². The van der Waals surface area contributed by atoms with E-state index in [1.54, 1.807) is 6.92 Å². The van der Waals surface area contributed by atoms with Gasteiger partial charge in [-0.3, -0.25) is 4.79 Å². The highest BCUT2D eigenvalue weighted by Crippen LogP contribution is 2.10. The number of hydrogen-bond acceptors (Lipinski definition) is 3. The second kappa shape index (κ2) is 8.13. The lowest BCUT2D eigenvalue weighted by Crippen LogP contribution is -2.27. The van der Waals surface area contributed by atoms with Crippen LogP contribution in [0.2, 0.25) is 0 Å². The van der Waals surface area contributed by atoms with Gasteiger partial charge in [-0.15, -0.1) is 12.4 Å². The summed E-state index contributed by atoms with van der Waals surface area (Å²) in [7, 11) is 0. The van der Waals surface area contributed by atoms with E-state index in [0.29, 0.717) is 6.61 Å². The predicted octanol–water partition coefficient (Wildman–Crippen LogP) is 2.32. The minimum Gasteiger partial charge on any atom is -0.465 e. The minimum atomic E-state index is -0.208. The average molecular weight is 244 g/mol. The molecule has 0 unspecified atom stereocenters.